The number of amides is 1. The van der Waals surface area contributed by atoms with Gasteiger partial charge in [-0.25, -0.2) is 0 Å². The second-order valence-electron chi connectivity index (χ2n) is 3.60. The van der Waals surface area contributed by atoms with E-state index >= 15 is 0 Å². The molecule has 0 heterocycles. The van der Waals surface area contributed by atoms with E-state index in [0.29, 0.717) is 23.6 Å². The van der Waals surface area contributed by atoms with Crippen molar-refractivity contribution < 1.29 is 9.90 Å². The monoisotopic (exact) mass is 241 g/mol. The average Bonchev–Trinajstić information content (AvgIpc) is 2.28. The normalized spacial score (nSPS) is 10.1. The second-order valence-corrected chi connectivity index (χ2v) is 3.98. The van der Waals surface area contributed by atoms with Crippen LogP contribution in [0.3, 0.4) is 0 Å². The second kappa shape index (κ2) is 6.38. The van der Waals surface area contributed by atoms with E-state index in [4.69, 9.17) is 11.6 Å². The number of hydrogen-bond acceptors (Lipinski definition) is 2. The molecular formula is C12H16ClNO2. The lowest BCUT2D eigenvalue weighted by Crippen LogP contribution is -2.25. The van der Waals surface area contributed by atoms with Gasteiger partial charge in [-0.05, 0) is 31.9 Å². The van der Waals surface area contributed by atoms with Crippen LogP contribution in [0.15, 0.2) is 18.2 Å². The maximum atomic E-state index is 11.7. The summed E-state index contributed by atoms with van der Waals surface area (Å²) in [6.07, 6.45) is 1.76. The van der Waals surface area contributed by atoms with E-state index in [1.165, 1.54) is 0 Å². The topological polar surface area (TPSA) is 49.3 Å². The number of alkyl halides is 1. The van der Waals surface area contributed by atoms with Gasteiger partial charge in [-0.2, -0.15) is 0 Å². The number of carbonyl (C=O) groups excluding carboxylic acids is 1. The Bertz CT molecular complexity index is 366. The lowest BCUT2D eigenvalue weighted by Gasteiger charge is -2.08. The number of phenolic OH excluding ortho intramolecular Hbond substituents is 1. The zero-order valence-corrected chi connectivity index (χ0v) is 10.0. The molecule has 0 saturated carbocycles. The molecule has 16 heavy (non-hydrogen) atoms. The number of nitrogens with one attached hydrogen (secondary N) is 1. The van der Waals surface area contributed by atoms with E-state index in [9.17, 15) is 9.90 Å². The SMILES string of the molecule is Cc1c(O)cccc1C(=O)NCCCCCl. The van der Waals surface area contributed by atoms with Gasteiger partial charge < -0.3 is 10.4 Å². The number of carbonyl (C=O) groups is 1. The highest BCUT2D eigenvalue weighted by molar-refractivity contribution is 6.17. The molecule has 88 valence electrons. The Hall–Kier alpha value is -1.22. The number of phenols is 1. The molecule has 0 spiro atoms. The van der Waals surface area contributed by atoms with Crippen molar-refractivity contribution >= 4 is 17.5 Å². The molecular weight excluding hydrogens is 226 g/mol. The van der Waals surface area contributed by atoms with Crippen LogP contribution >= 0.6 is 11.6 Å². The van der Waals surface area contributed by atoms with Crippen molar-refractivity contribution in [1.29, 1.82) is 0 Å². The summed E-state index contributed by atoms with van der Waals surface area (Å²) in [6, 6.07) is 4.93. The Labute approximate surface area is 100 Å². The lowest BCUT2D eigenvalue weighted by molar-refractivity contribution is 0.0952. The van der Waals surface area contributed by atoms with Crippen LogP contribution in [0.1, 0.15) is 28.8 Å². The summed E-state index contributed by atoms with van der Waals surface area (Å²) in [5.41, 5.74) is 1.13. The van der Waals surface area contributed by atoms with Gasteiger partial charge in [0.05, 0.1) is 0 Å². The third-order valence-corrected chi connectivity index (χ3v) is 2.66. The van der Waals surface area contributed by atoms with Gasteiger partial charge in [0.1, 0.15) is 5.75 Å². The Morgan fingerprint density at radius 3 is 2.88 bits per heavy atom. The number of aromatic hydroxyl groups is 1. The maximum absolute atomic E-state index is 11.7. The third-order valence-electron chi connectivity index (χ3n) is 2.40. The van der Waals surface area contributed by atoms with Gasteiger partial charge in [-0.3, -0.25) is 4.79 Å². The predicted octanol–water partition coefficient (Wildman–Crippen LogP) is 2.45. The van der Waals surface area contributed by atoms with Crippen LogP contribution in [0.5, 0.6) is 5.75 Å². The Morgan fingerprint density at radius 1 is 1.44 bits per heavy atom. The summed E-state index contributed by atoms with van der Waals surface area (Å²) in [5, 5.41) is 12.3. The molecule has 0 aromatic heterocycles. The molecule has 0 unspecified atom stereocenters. The molecule has 0 saturated heterocycles. The standard InChI is InChI=1S/C12H16ClNO2/c1-9-10(5-4-6-11(9)15)12(16)14-8-3-2-7-13/h4-6,15H,2-3,7-8H2,1H3,(H,14,16). The van der Waals surface area contributed by atoms with Crippen LogP contribution in [-0.2, 0) is 0 Å². The van der Waals surface area contributed by atoms with E-state index in [1.54, 1.807) is 25.1 Å². The van der Waals surface area contributed by atoms with E-state index in [-0.39, 0.29) is 11.7 Å². The Morgan fingerprint density at radius 2 is 2.19 bits per heavy atom. The number of benzene rings is 1. The highest BCUT2D eigenvalue weighted by atomic mass is 35.5. The highest BCUT2D eigenvalue weighted by Gasteiger charge is 2.10. The molecule has 1 aromatic rings. The first-order valence-corrected chi connectivity index (χ1v) is 5.83. The van der Waals surface area contributed by atoms with Gasteiger partial charge in [0.2, 0.25) is 0 Å². The molecule has 2 N–H and O–H groups in total. The fourth-order valence-electron chi connectivity index (χ4n) is 1.39. The first-order chi connectivity index (χ1) is 7.66. The maximum Gasteiger partial charge on any atom is 0.251 e. The average molecular weight is 242 g/mol. The van der Waals surface area contributed by atoms with E-state index in [2.05, 4.69) is 5.32 Å². The predicted molar refractivity (Wildman–Crippen MR) is 65.1 cm³/mol. The van der Waals surface area contributed by atoms with E-state index in [1.807, 2.05) is 0 Å². The summed E-state index contributed by atoms with van der Waals surface area (Å²) >= 11 is 5.53. The van der Waals surface area contributed by atoms with E-state index < -0.39 is 0 Å². The van der Waals surface area contributed by atoms with Crippen LogP contribution in [0.2, 0.25) is 0 Å². The van der Waals surface area contributed by atoms with Gasteiger partial charge in [0.15, 0.2) is 0 Å². The summed E-state index contributed by atoms with van der Waals surface area (Å²) in [6.45, 7) is 2.34. The molecule has 0 bridgehead atoms. The summed E-state index contributed by atoms with van der Waals surface area (Å²) < 4.78 is 0. The Balaban J connectivity index is 2.56. The van der Waals surface area contributed by atoms with Crippen LogP contribution in [0, 0.1) is 6.92 Å². The molecule has 0 aliphatic rings. The fourth-order valence-corrected chi connectivity index (χ4v) is 1.58. The van der Waals surface area contributed by atoms with Crippen molar-refractivity contribution in [3.05, 3.63) is 29.3 Å². The first kappa shape index (κ1) is 12.8. The van der Waals surface area contributed by atoms with Gasteiger partial charge in [0.25, 0.3) is 5.91 Å². The zero-order chi connectivity index (χ0) is 12.0. The van der Waals surface area contributed by atoms with Gasteiger partial charge in [-0.15, -0.1) is 11.6 Å². The highest BCUT2D eigenvalue weighted by Crippen LogP contribution is 2.19. The van der Waals surface area contributed by atoms with Crippen LogP contribution < -0.4 is 5.32 Å². The summed E-state index contributed by atoms with van der Waals surface area (Å²) in [4.78, 5) is 11.7. The Kier molecular flexibility index (Phi) is 5.12. The van der Waals surface area contributed by atoms with Gasteiger partial charge >= 0.3 is 0 Å². The molecule has 1 rings (SSSR count). The largest absolute Gasteiger partial charge is 0.508 e. The van der Waals surface area contributed by atoms with Crippen molar-refractivity contribution in [2.75, 3.05) is 12.4 Å². The van der Waals surface area contributed by atoms with Gasteiger partial charge in [0, 0.05) is 23.6 Å². The molecule has 1 amide bonds. The van der Waals surface area contributed by atoms with Crippen molar-refractivity contribution in [3.63, 3.8) is 0 Å². The molecule has 4 heteroatoms. The number of halogens is 1. The number of hydrogen-bond donors (Lipinski definition) is 2. The van der Waals surface area contributed by atoms with E-state index in [0.717, 1.165) is 12.8 Å². The minimum atomic E-state index is -0.150. The van der Waals surface area contributed by atoms with Crippen molar-refractivity contribution in [1.82, 2.24) is 5.32 Å². The summed E-state index contributed by atoms with van der Waals surface area (Å²) in [5.74, 6) is 0.609. The van der Waals surface area contributed by atoms with Crippen LogP contribution in [0.25, 0.3) is 0 Å². The quantitative estimate of drug-likeness (QED) is 0.615. The lowest BCUT2D eigenvalue weighted by atomic mass is 10.1. The first-order valence-electron chi connectivity index (χ1n) is 5.29. The number of rotatable bonds is 5. The molecule has 0 aliphatic carbocycles. The zero-order valence-electron chi connectivity index (χ0n) is 9.29. The van der Waals surface area contributed by atoms with Crippen LogP contribution in [-0.4, -0.2) is 23.4 Å². The fraction of sp³-hybridized carbons (Fsp3) is 0.417. The minimum Gasteiger partial charge on any atom is -0.508 e. The smallest absolute Gasteiger partial charge is 0.251 e. The van der Waals surface area contributed by atoms with Crippen LogP contribution in [0.4, 0.5) is 0 Å². The summed E-state index contributed by atoms with van der Waals surface area (Å²) in [7, 11) is 0. The molecule has 3 nitrogen and oxygen atoms in total. The molecule has 0 aliphatic heterocycles. The molecule has 1 aromatic carbocycles. The molecule has 0 radical (unpaired) electrons. The third kappa shape index (κ3) is 3.42. The van der Waals surface area contributed by atoms with Crippen molar-refractivity contribution in [3.8, 4) is 5.75 Å². The van der Waals surface area contributed by atoms with Crippen molar-refractivity contribution in [2.45, 2.75) is 19.8 Å². The van der Waals surface area contributed by atoms with Gasteiger partial charge in [-0.1, -0.05) is 6.07 Å². The molecule has 0 fully saturated rings. The van der Waals surface area contributed by atoms with Crippen molar-refractivity contribution in [2.24, 2.45) is 0 Å². The molecule has 0 atom stereocenters. The minimum absolute atomic E-state index is 0.147. The number of unbranched alkanes of at least 4 members (excludes halogenated alkanes) is 1.